The average molecular weight is 427 g/mol. The van der Waals surface area contributed by atoms with E-state index in [4.69, 9.17) is 0 Å². The van der Waals surface area contributed by atoms with Gasteiger partial charge in [0.25, 0.3) is 0 Å². The molecule has 1 N–H and O–H groups in total. The molecule has 2 heterocycles. The van der Waals surface area contributed by atoms with Crippen molar-refractivity contribution in [3.05, 3.63) is 66.5 Å². The highest BCUT2D eigenvalue weighted by Gasteiger charge is 2.20. The highest BCUT2D eigenvalue weighted by molar-refractivity contribution is 7.91. The zero-order chi connectivity index (χ0) is 20.6. The predicted octanol–water partition coefficient (Wildman–Crippen LogP) is 4.29. The van der Waals surface area contributed by atoms with Crippen LogP contribution in [0.5, 0.6) is 0 Å². The maximum absolute atomic E-state index is 13.1. The third kappa shape index (κ3) is 3.87. The number of thiazole rings is 1. The predicted molar refractivity (Wildman–Crippen MR) is 109 cm³/mol. The summed E-state index contributed by atoms with van der Waals surface area (Å²) >= 11 is 1.32. The summed E-state index contributed by atoms with van der Waals surface area (Å²) in [4.78, 5) is 19.8. The molecule has 0 bridgehead atoms. The number of pyridine rings is 1. The number of carbonyl (C=O) groups excluding carboxylic acids is 1. The minimum absolute atomic E-state index is 0.0265. The van der Waals surface area contributed by atoms with Crippen LogP contribution in [0.3, 0.4) is 0 Å². The topological polar surface area (TPSA) is 89.0 Å². The van der Waals surface area contributed by atoms with E-state index in [1.165, 1.54) is 36.5 Å². The maximum Gasteiger partial charge on any atom is 0.223 e. The number of anilines is 1. The van der Waals surface area contributed by atoms with Gasteiger partial charge in [-0.1, -0.05) is 23.5 Å². The van der Waals surface area contributed by atoms with Crippen LogP contribution >= 0.6 is 11.3 Å². The first kappa shape index (κ1) is 19.2. The molecule has 0 unspecified atom stereocenters. The van der Waals surface area contributed by atoms with Crippen molar-refractivity contribution in [2.45, 2.75) is 16.8 Å². The molecular weight excluding hydrogens is 413 g/mol. The smallest absolute Gasteiger partial charge is 0.223 e. The molecule has 6 nitrogen and oxygen atoms in total. The second-order valence-corrected chi connectivity index (χ2v) is 9.13. The van der Waals surface area contributed by atoms with E-state index in [1.807, 2.05) is 6.07 Å². The Hall–Kier alpha value is -3.17. The Morgan fingerprint density at radius 1 is 1.03 bits per heavy atom. The molecule has 0 saturated carbocycles. The van der Waals surface area contributed by atoms with Gasteiger partial charge in [0, 0.05) is 12.5 Å². The van der Waals surface area contributed by atoms with Crippen molar-refractivity contribution in [1.82, 2.24) is 9.97 Å². The fourth-order valence-corrected chi connectivity index (χ4v) is 4.91. The van der Waals surface area contributed by atoms with Gasteiger partial charge >= 0.3 is 0 Å². The lowest BCUT2D eigenvalue weighted by atomic mass is 10.1. The zero-order valence-electron chi connectivity index (χ0n) is 15.1. The minimum atomic E-state index is -3.87. The minimum Gasteiger partial charge on any atom is -0.302 e. The number of hydrogen-bond acceptors (Lipinski definition) is 6. The molecule has 0 aliphatic heterocycles. The molecule has 146 valence electrons. The third-order valence-corrected chi connectivity index (χ3v) is 6.69. The van der Waals surface area contributed by atoms with Crippen LogP contribution in [-0.4, -0.2) is 24.3 Å². The molecule has 0 radical (unpaired) electrons. The molecule has 29 heavy (non-hydrogen) atoms. The van der Waals surface area contributed by atoms with E-state index in [9.17, 15) is 17.6 Å². The molecule has 0 spiro atoms. The van der Waals surface area contributed by atoms with Crippen LogP contribution in [0, 0.1) is 5.82 Å². The highest BCUT2D eigenvalue weighted by atomic mass is 32.2. The van der Waals surface area contributed by atoms with Crippen molar-refractivity contribution in [3.8, 4) is 11.3 Å². The van der Waals surface area contributed by atoms with Crippen molar-refractivity contribution in [2.24, 2.45) is 0 Å². The van der Waals surface area contributed by atoms with Crippen molar-refractivity contribution in [3.63, 3.8) is 0 Å². The summed E-state index contributed by atoms with van der Waals surface area (Å²) in [5.74, 6) is -0.716. The summed E-state index contributed by atoms with van der Waals surface area (Å²) < 4.78 is 39.6. The van der Waals surface area contributed by atoms with E-state index in [0.29, 0.717) is 16.4 Å². The summed E-state index contributed by atoms with van der Waals surface area (Å²) in [5, 5.41) is 3.02. The Kier molecular flexibility index (Phi) is 4.85. The van der Waals surface area contributed by atoms with E-state index >= 15 is 0 Å². The number of hydrogen-bond donors (Lipinski definition) is 1. The normalized spacial score (nSPS) is 11.5. The molecule has 0 aliphatic carbocycles. The molecule has 0 aliphatic rings. The van der Waals surface area contributed by atoms with E-state index in [1.54, 1.807) is 24.3 Å². The van der Waals surface area contributed by atoms with Crippen molar-refractivity contribution < 1.29 is 17.6 Å². The fraction of sp³-hybridized carbons (Fsp3) is 0.0500. The Morgan fingerprint density at radius 3 is 2.52 bits per heavy atom. The summed E-state index contributed by atoms with van der Waals surface area (Å²) in [7, 11) is -3.87. The Labute approximate surface area is 170 Å². The number of nitrogens with zero attached hydrogens (tertiary/aromatic N) is 2. The number of rotatable bonds is 4. The number of nitrogens with one attached hydrogen (secondary N) is 1. The van der Waals surface area contributed by atoms with Gasteiger partial charge in [0.1, 0.15) is 5.82 Å². The monoisotopic (exact) mass is 427 g/mol. The SMILES string of the molecule is CC(=O)Nc1nc2ccc(-c3cccc(S(=O)(=O)c4ccc(F)cc4)n3)cc2s1. The lowest BCUT2D eigenvalue weighted by molar-refractivity contribution is -0.114. The highest BCUT2D eigenvalue weighted by Crippen LogP contribution is 2.30. The van der Waals surface area contributed by atoms with E-state index < -0.39 is 15.7 Å². The van der Waals surface area contributed by atoms with Gasteiger partial charge in [0.2, 0.25) is 15.7 Å². The summed E-state index contributed by atoms with van der Waals surface area (Å²) in [6.07, 6.45) is 0. The van der Waals surface area contributed by atoms with Gasteiger partial charge < -0.3 is 5.32 Å². The van der Waals surface area contributed by atoms with Gasteiger partial charge in [-0.25, -0.2) is 22.8 Å². The molecule has 4 rings (SSSR count). The Bertz CT molecular complexity index is 1330. The number of fused-ring (bicyclic) bond motifs is 1. The van der Waals surface area contributed by atoms with E-state index in [2.05, 4.69) is 15.3 Å². The average Bonchev–Trinajstić information content (AvgIpc) is 3.09. The van der Waals surface area contributed by atoms with E-state index in [-0.39, 0.29) is 15.8 Å². The first-order chi connectivity index (χ1) is 13.8. The third-order valence-electron chi connectivity index (χ3n) is 4.09. The van der Waals surface area contributed by atoms with Crippen LogP contribution in [0.4, 0.5) is 9.52 Å². The van der Waals surface area contributed by atoms with Gasteiger partial charge in [-0.2, -0.15) is 0 Å². The van der Waals surface area contributed by atoms with Crippen LogP contribution < -0.4 is 5.32 Å². The largest absolute Gasteiger partial charge is 0.302 e. The van der Waals surface area contributed by atoms with Crippen LogP contribution in [0.25, 0.3) is 21.5 Å². The standard InChI is InChI=1S/C20H14FN3O3S2/c1-12(25)22-20-24-17-10-5-13(11-18(17)28-20)16-3-2-4-19(23-16)29(26,27)15-8-6-14(21)7-9-15/h2-11H,1H3,(H,22,24,25). The van der Waals surface area contributed by atoms with Gasteiger partial charge in [-0.05, 0) is 48.5 Å². The quantitative estimate of drug-likeness (QED) is 0.491. The molecule has 1 amide bonds. The zero-order valence-corrected chi connectivity index (χ0v) is 16.7. The number of carbonyl (C=O) groups is 1. The Balaban J connectivity index is 1.73. The lowest BCUT2D eigenvalue weighted by Crippen LogP contribution is -2.05. The van der Waals surface area contributed by atoms with Crippen molar-refractivity contribution in [2.75, 3.05) is 5.32 Å². The molecule has 4 aromatic rings. The molecule has 2 aromatic carbocycles. The second kappa shape index (κ2) is 7.34. The molecule has 9 heteroatoms. The number of benzene rings is 2. The number of amides is 1. The molecular formula is C20H14FN3O3S2. The first-order valence-electron chi connectivity index (χ1n) is 8.49. The van der Waals surface area contributed by atoms with Gasteiger partial charge in [-0.3, -0.25) is 4.79 Å². The fourth-order valence-electron chi connectivity index (χ4n) is 2.75. The molecule has 0 atom stereocenters. The van der Waals surface area contributed by atoms with Crippen molar-refractivity contribution in [1.29, 1.82) is 0 Å². The summed E-state index contributed by atoms with van der Waals surface area (Å²) in [6.45, 7) is 1.41. The van der Waals surface area contributed by atoms with Crippen LogP contribution in [0.2, 0.25) is 0 Å². The number of halogens is 1. The summed E-state index contributed by atoms with van der Waals surface area (Å²) in [6, 6.07) is 14.8. The van der Waals surface area contributed by atoms with Gasteiger partial charge in [-0.15, -0.1) is 0 Å². The van der Waals surface area contributed by atoms with Gasteiger partial charge in [0.05, 0.1) is 20.8 Å². The van der Waals surface area contributed by atoms with Crippen LogP contribution in [0.1, 0.15) is 6.92 Å². The number of sulfone groups is 1. The second-order valence-electron chi connectivity index (χ2n) is 6.20. The van der Waals surface area contributed by atoms with Crippen LogP contribution in [0.15, 0.2) is 70.6 Å². The Morgan fingerprint density at radius 2 is 1.79 bits per heavy atom. The first-order valence-corrected chi connectivity index (χ1v) is 10.8. The lowest BCUT2D eigenvalue weighted by Gasteiger charge is -2.06. The van der Waals surface area contributed by atoms with Gasteiger partial charge in [0.15, 0.2) is 10.2 Å². The van der Waals surface area contributed by atoms with Crippen LogP contribution in [-0.2, 0) is 14.6 Å². The molecule has 2 aromatic heterocycles. The number of aromatic nitrogens is 2. The van der Waals surface area contributed by atoms with Crippen molar-refractivity contribution >= 4 is 42.4 Å². The molecule has 0 fully saturated rings. The van der Waals surface area contributed by atoms with E-state index in [0.717, 1.165) is 22.3 Å². The summed E-state index contributed by atoms with van der Waals surface area (Å²) in [5.41, 5.74) is 1.91. The molecule has 0 saturated heterocycles. The maximum atomic E-state index is 13.1.